The fraction of sp³-hybridized carbons (Fsp3) is 0.696. The highest BCUT2D eigenvalue weighted by Crippen LogP contribution is 2.49. The molecule has 3 aromatic rings. The van der Waals surface area contributed by atoms with Crippen LogP contribution in [0.25, 0.3) is 21.5 Å². The molecule has 0 unspecified atom stereocenters. The van der Waals surface area contributed by atoms with E-state index in [4.69, 9.17) is 18.9 Å². The Morgan fingerprint density at radius 1 is 0.320 bits per heavy atom. The highest BCUT2D eigenvalue weighted by molar-refractivity contribution is 6.15. The third-order valence-electron chi connectivity index (χ3n) is 10.00. The number of fused-ring (bicyclic) bond motifs is 2. The first-order valence-corrected chi connectivity index (χ1v) is 21.3. The Balaban J connectivity index is 1.95. The third-order valence-corrected chi connectivity index (χ3v) is 10.00. The second kappa shape index (κ2) is 27.1. The molecule has 0 amide bonds. The summed E-state index contributed by atoms with van der Waals surface area (Å²) in [6.07, 6.45) is 29.8. The van der Waals surface area contributed by atoms with E-state index in [1.165, 1.54) is 128 Å². The van der Waals surface area contributed by atoms with Crippen LogP contribution in [-0.4, -0.2) is 26.4 Å². The molecule has 4 heteroatoms. The zero-order valence-electron chi connectivity index (χ0n) is 32.9. The van der Waals surface area contributed by atoms with Crippen LogP contribution in [0.4, 0.5) is 0 Å². The normalized spacial score (nSPS) is 11.4. The lowest BCUT2D eigenvalue weighted by molar-refractivity contribution is 0.293. The van der Waals surface area contributed by atoms with Crippen molar-refractivity contribution in [1.29, 1.82) is 0 Å². The molecule has 0 heterocycles. The summed E-state index contributed by atoms with van der Waals surface area (Å²) in [4.78, 5) is 0. The minimum absolute atomic E-state index is 0.697. The van der Waals surface area contributed by atoms with Gasteiger partial charge in [-0.15, -0.1) is 0 Å². The Kier molecular flexibility index (Phi) is 22.6. The maximum absolute atomic E-state index is 6.83. The van der Waals surface area contributed by atoms with Gasteiger partial charge in [0.15, 0.2) is 0 Å². The number of hydrogen-bond acceptors (Lipinski definition) is 4. The molecule has 0 fully saturated rings. The second-order valence-corrected chi connectivity index (χ2v) is 14.5. The van der Waals surface area contributed by atoms with Crippen LogP contribution in [0.2, 0.25) is 0 Å². The topological polar surface area (TPSA) is 36.9 Å². The molecule has 0 bridgehead atoms. The first kappa shape index (κ1) is 41.8. The summed E-state index contributed by atoms with van der Waals surface area (Å²) in [6.45, 7) is 11.9. The zero-order valence-corrected chi connectivity index (χ0v) is 32.9. The van der Waals surface area contributed by atoms with Gasteiger partial charge in [-0.25, -0.2) is 0 Å². The number of rotatable bonds is 32. The van der Waals surface area contributed by atoms with Crippen molar-refractivity contribution in [2.75, 3.05) is 26.4 Å². The number of benzene rings is 3. The van der Waals surface area contributed by atoms with Crippen molar-refractivity contribution in [3.05, 3.63) is 36.4 Å². The van der Waals surface area contributed by atoms with Gasteiger partial charge >= 0.3 is 0 Å². The molecule has 0 aliphatic heterocycles. The molecule has 0 atom stereocenters. The van der Waals surface area contributed by atoms with Gasteiger partial charge in [0.1, 0.15) is 23.0 Å². The van der Waals surface area contributed by atoms with Crippen molar-refractivity contribution in [1.82, 2.24) is 0 Å². The Morgan fingerprint density at radius 2 is 0.600 bits per heavy atom. The van der Waals surface area contributed by atoms with Gasteiger partial charge in [-0.2, -0.15) is 0 Å². The Morgan fingerprint density at radius 3 is 0.920 bits per heavy atom. The lowest BCUT2D eigenvalue weighted by Gasteiger charge is -2.22. The molecule has 0 aliphatic rings. The number of hydrogen-bond donors (Lipinski definition) is 0. The maximum Gasteiger partial charge on any atom is 0.139 e. The highest BCUT2D eigenvalue weighted by Gasteiger charge is 2.22. The summed E-state index contributed by atoms with van der Waals surface area (Å²) < 4.78 is 26.9. The van der Waals surface area contributed by atoms with E-state index in [0.29, 0.717) is 13.2 Å². The molecule has 3 rings (SSSR count). The largest absolute Gasteiger partial charge is 0.493 e. The van der Waals surface area contributed by atoms with Crippen LogP contribution in [0, 0.1) is 0 Å². The quantitative estimate of drug-likeness (QED) is 0.0483. The van der Waals surface area contributed by atoms with Crippen LogP contribution < -0.4 is 18.9 Å². The van der Waals surface area contributed by atoms with E-state index in [-0.39, 0.29) is 0 Å². The van der Waals surface area contributed by atoms with Crippen molar-refractivity contribution in [3.8, 4) is 23.0 Å². The van der Waals surface area contributed by atoms with Crippen LogP contribution in [0.1, 0.15) is 182 Å². The van der Waals surface area contributed by atoms with Gasteiger partial charge in [0, 0.05) is 10.8 Å². The monoisotopic (exact) mass is 691 g/mol. The summed E-state index contributed by atoms with van der Waals surface area (Å²) in [5, 5.41) is 4.22. The maximum atomic E-state index is 6.83. The molecule has 0 aromatic heterocycles. The van der Waals surface area contributed by atoms with Gasteiger partial charge in [0.05, 0.1) is 37.2 Å². The summed E-state index contributed by atoms with van der Waals surface area (Å²) >= 11 is 0. The fourth-order valence-corrected chi connectivity index (χ4v) is 6.96. The van der Waals surface area contributed by atoms with Crippen molar-refractivity contribution in [2.45, 2.75) is 182 Å². The van der Waals surface area contributed by atoms with E-state index in [0.717, 1.165) is 83.4 Å². The Labute approximate surface area is 307 Å². The molecular weight excluding hydrogens is 617 g/mol. The molecule has 0 saturated carbocycles. The Bertz CT molecular complexity index is 1180. The second-order valence-electron chi connectivity index (χ2n) is 14.5. The van der Waals surface area contributed by atoms with E-state index < -0.39 is 0 Å². The Hall–Kier alpha value is -2.62. The van der Waals surface area contributed by atoms with Gasteiger partial charge in [0.25, 0.3) is 0 Å². The lowest BCUT2D eigenvalue weighted by Crippen LogP contribution is -2.06. The summed E-state index contributed by atoms with van der Waals surface area (Å²) in [5.74, 6) is 3.63. The molecular formula is C46H74O4. The van der Waals surface area contributed by atoms with Crippen molar-refractivity contribution in [3.63, 3.8) is 0 Å². The molecule has 0 N–H and O–H groups in total. The summed E-state index contributed by atoms with van der Waals surface area (Å²) in [5.41, 5.74) is 0. The molecule has 0 saturated heterocycles. The van der Waals surface area contributed by atoms with Crippen molar-refractivity contribution < 1.29 is 18.9 Å². The minimum atomic E-state index is 0.697. The molecule has 0 aliphatic carbocycles. The van der Waals surface area contributed by atoms with Crippen molar-refractivity contribution in [2.24, 2.45) is 0 Å². The predicted molar refractivity (Wildman–Crippen MR) is 217 cm³/mol. The number of unbranched alkanes of at least 4 members (excludes halogenated alkanes) is 20. The van der Waals surface area contributed by atoms with Crippen LogP contribution in [0.5, 0.6) is 23.0 Å². The molecule has 3 aromatic carbocycles. The van der Waals surface area contributed by atoms with E-state index >= 15 is 0 Å². The standard InChI is InChI=1S/C46H74O4/c1-5-9-13-17-21-25-35-47-41-33-29-31-39-43(41)45(49-37-27-23-19-15-11-7-3)40-32-30-34-42(48-36-26-22-18-14-10-6-2)44(40)46(39)50-38-28-24-20-16-12-8-4/h29-34H,5-28,35-38H2,1-4H3. The van der Waals surface area contributed by atoms with E-state index in [2.05, 4.69) is 64.1 Å². The zero-order chi connectivity index (χ0) is 35.5. The van der Waals surface area contributed by atoms with Crippen LogP contribution >= 0.6 is 0 Å². The van der Waals surface area contributed by atoms with Crippen LogP contribution in [0.3, 0.4) is 0 Å². The number of ether oxygens (including phenoxy) is 4. The van der Waals surface area contributed by atoms with E-state index in [9.17, 15) is 0 Å². The van der Waals surface area contributed by atoms with E-state index in [1.54, 1.807) is 0 Å². The minimum Gasteiger partial charge on any atom is -0.493 e. The highest BCUT2D eigenvalue weighted by atomic mass is 16.5. The molecule has 50 heavy (non-hydrogen) atoms. The predicted octanol–water partition coefficient (Wildman–Crippen LogP) is 15.0. The average molecular weight is 691 g/mol. The lowest BCUT2D eigenvalue weighted by atomic mass is 9.98. The third kappa shape index (κ3) is 14.9. The van der Waals surface area contributed by atoms with Gasteiger partial charge in [-0.05, 0) is 37.8 Å². The molecule has 282 valence electrons. The molecule has 4 nitrogen and oxygen atoms in total. The van der Waals surface area contributed by atoms with Gasteiger partial charge in [-0.3, -0.25) is 0 Å². The van der Waals surface area contributed by atoms with Gasteiger partial charge in [0.2, 0.25) is 0 Å². The molecule has 0 spiro atoms. The first-order valence-electron chi connectivity index (χ1n) is 21.3. The smallest absolute Gasteiger partial charge is 0.139 e. The van der Waals surface area contributed by atoms with Crippen molar-refractivity contribution >= 4 is 21.5 Å². The van der Waals surface area contributed by atoms with E-state index in [1.807, 2.05) is 0 Å². The fourth-order valence-electron chi connectivity index (χ4n) is 6.96. The average Bonchev–Trinajstić information content (AvgIpc) is 3.13. The molecule has 0 radical (unpaired) electrons. The van der Waals surface area contributed by atoms with Crippen LogP contribution in [-0.2, 0) is 0 Å². The van der Waals surface area contributed by atoms with Crippen LogP contribution in [0.15, 0.2) is 36.4 Å². The SMILES string of the molecule is CCCCCCCCOc1cccc2c(OCCCCCCCC)c3c(OCCCCCCCC)cccc3c(OCCCCCCCC)c12. The summed E-state index contributed by atoms with van der Waals surface area (Å²) in [6, 6.07) is 12.9. The summed E-state index contributed by atoms with van der Waals surface area (Å²) in [7, 11) is 0. The first-order chi connectivity index (χ1) is 24.8. The van der Waals surface area contributed by atoms with Gasteiger partial charge in [-0.1, -0.05) is 180 Å². The van der Waals surface area contributed by atoms with Gasteiger partial charge < -0.3 is 18.9 Å².